The molecule has 0 radical (unpaired) electrons. The van der Waals surface area contributed by atoms with Crippen molar-refractivity contribution in [3.63, 3.8) is 0 Å². The minimum Gasteiger partial charge on any atom is -0.477 e. The fourth-order valence-electron chi connectivity index (χ4n) is 1.72. The molecular formula is C11H16O2S. The summed E-state index contributed by atoms with van der Waals surface area (Å²) in [6.45, 7) is 6.40. The van der Waals surface area contributed by atoms with Crippen LogP contribution < -0.4 is 0 Å². The van der Waals surface area contributed by atoms with E-state index in [0.717, 1.165) is 12.0 Å². The van der Waals surface area contributed by atoms with E-state index in [9.17, 15) is 4.79 Å². The molecule has 3 heteroatoms. The molecule has 0 aromatic carbocycles. The smallest absolute Gasteiger partial charge is 0.346 e. The van der Waals surface area contributed by atoms with Crippen LogP contribution in [0.25, 0.3) is 0 Å². The second kappa shape index (κ2) is 4.60. The molecule has 1 aromatic rings. The van der Waals surface area contributed by atoms with Crippen LogP contribution in [0.2, 0.25) is 0 Å². The first-order valence-electron chi connectivity index (χ1n) is 4.83. The summed E-state index contributed by atoms with van der Waals surface area (Å²) >= 11 is 1.31. The Hall–Kier alpha value is -0.830. The normalized spacial score (nSPS) is 13.1. The highest BCUT2D eigenvalue weighted by molar-refractivity contribution is 7.12. The Morgan fingerprint density at radius 2 is 2.14 bits per heavy atom. The summed E-state index contributed by atoms with van der Waals surface area (Å²) in [5, 5.41) is 10.8. The molecule has 78 valence electrons. The van der Waals surface area contributed by atoms with Gasteiger partial charge in [-0.2, -0.15) is 0 Å². The van der Waals surface area contributed by atoms with Crippen LogP contribution >= 0.6 is 11.3 Å². The van der Waals surface area contributed by atoms with Gasteiger partial charge >= 0.3 is 5.97 Å². The van der Waals surface area contributed by atoms with Gasteiger partial charge in [0.25, 0.3) is 0 Å². The van der Waals surface area contributed by atoms with Crippen molar-refractivity contribution in [1.29, 1.82) is 0 Å². The standard InChI is InChI=1S/C11H16O2S/c1-7(2)6-8(3)9-4-5-14-10(9)11(12)13/h4-5,7-8H,6H2,1-3H3,(H,12,13). The number of hydrogen-bond acceptors (Lipinski definition) is 2. The fraction of sp³-hybridized carbons (Fsp3) is 0.545. The molecule has 0 aliphatic carbocycles. The van der Waals surface area contributed by atoms with E-state index in [-0.39, 0.29) is 0 Å². The van der Waals surface area contributed by atoms with Crippen LogP contribution in [-0.2, 0) is 0 Å². The van der Waals surface area contributed by atoms with Crippen LogP contribution in [0.5, 0.6) is 0 Å². The summed E-state index contributed by atoms with van der Waals surface area (Å²) in [4.78, 5) is 11.4. The number of hydrogen-bond donors (Lipinski definition) is 1. The van der Waals surface area contributed by atoms with Crippen LogP contribution in [0.15, 0.2) is 11.4 Å². The van der Waals surface area contributed by atoms with E-state index in [1.54, 1.807) is 0 Å². The lowest BCUT2D eigenvalue weighted by Crippen LogP contribution is -2.03. The molecule has 0 bridgehead atoms. The van der Waals surface area contributed by atoms with E-state index in [4.69, 9.17) is 5.11 Å². The molecule has 0 amide bonds. The molecule has 1 unspecified atom stereocenters. The van der Waals surface area contributed by atoms with Crippen molar-refractivity contribution >= 4 is 17.3 Å². The molecule has 0 fully saturated rings. The number of carbonyl (C=O) groups is 1. The summed E-state index contributed by atoms with van der Waals surface area (Å²) in [6, 6.07) is 1.93. The Morgan fingerprint density at radius 1 is 1.50 bits per heavy atom. The third kappa shape index (κ3) is 2.58. The number of carboxylic acid groups (broad SMARTS) is 1. The third-order valence-electron chi connectivity index (χ3n) is 2.25. The number of aromatic carboxylic acids is 1. The summed E-state index contributed by atoms with van der Waals surface area (Å²) in [7, 11) is 0. The molecule has 1 heterocycles. The minimum atomic E-state index is -0.800. The molecule has 2 nitrogen and oxygen atoms in total. The number of rotatable bonds is 4. The molecule has 0 spiro atoms. The fourth-order valence-corrected chi connectivity index (χ4v) is 2.57. The maximum absolute atomic E-state index is 10.9. The van der Waals surface area contributed by atoms with Gasteiger partial charge in [-0.15, -0.1) is 11.3 Å². The lowest BCUT2D eigenvalue weighted by atomic mass is 9.92. The first kappa shape index (κ1) is 11.2. The quantitative estimate of drug-likeness (QED) is 0.828. The van der Waals surface area contributed by atoms with E-state index >= 15 is 0 Å². The summed E-state index contributed by atoms with van der Waals surface area (Å²) < 4.78 is 0. The molecule has 1 N–H and O–H groups in total. The first-order valence-corrected chi connectivity index (χ1v) is 5.71. The van der Waals surface area contributed by atoms with Gasteiger partial charge in [0.1, 0.15) is 4.88 Å². The van der Waals surface area contributed by atoms with Crippen molar-refractivity contribution in [1.82, 2.24) is 0 Å². The summed E-state index contributed by atoms with van der Waals surface area (Å²) in [5.41, 5.74) is 0.983. The third-order valence-corrected chi connectivity index (χ3v) is 3.16. The molecule has 0 aliphatic heterocycles. The molecule has 1 rings (SSSR count). The summed E-state index contributed by atoms with van der Waals surface area (Å²) in [6.07, 6.45) is 1.04. The monoisotopic (exact) mass is 212 g/mol. The van der Waals surface area contributed by atoms with Gasteiger partial charge in [0.2, 0.25) is 0 Å². The van der Waals surface area contributed by atoms with Gasteiger partial charge in [0, 0.05) is 0 Å². The number of carboxylic acids is 1. The topological polar surface area (TPSA) is 37.3 Å². The van der Waals surface area contributed by atoms with Crippen LogP contribution in [-0.4, -0.2) is 11.1 Å². The zero-order valence-electron chi connectivity index (χ0n) is 8.78. The number of thiophene rings is 1. The predicted octanol–water partition coefficient (Wildman–Crippen LogP) is 3.60. The average molecular weight is 212 g/mol. The van der Waals surface area contributed by atoms with E-state index < -0.39 is 5.97 Å². The highest BCUT2D eigenvalue weighted by Crippen LogP contribution is 2.29. The van der Waals surface area contributed by atoms with Crippen LogP contribution in [0.3, 0.4) is 0 Å². The van der Waals surface area contributed by atoms with Crippen LogP contribution in [0, 0.1) is 5.92 Å². The molecular weight excluding hydrogens is 196 g/mol. The van der Waals surface area contributed by atoms with E-state index in [0.29, 0.717) is 16.7 Å². The molecule has 1 aromatic heterocycles. The van der Waals surface area contributed by atoms with Crippen LogP contribution in [0.1, 0.15) is 48.3 Å². The zero-order valence-corrected chi connectivity index (χ0v) is 9.60. The first-order chi connectivity index (χ1) is 6.52. The van der Waals surface area contributed by atoms with Gasteiger partial charge in [-0.3, -0.25) is 0 Å². The Labute approximate surface area is 88.6 Å². The Kier molecular flexibility index (Phi) is 3.69. The van der Waals surface area contributed by atoms with Crippen molar-refractivity contribution in [2.45, 2.75) is 33.1 Å². The van der Waals surface area contributed by atoms with E-state index in [1.165, 1.54) is 11.3 Å². The maximum atomic E-state index is 10.9. The van der Waals surface area contributed by atoms with Crippen LogP contribution in [0.4, 0.5) is 0 Å². The van der Waals surface area contributed by atoms with Gasteiger partial charge in [-0.1, -0.05) is 20.8 Å². The maximum Gasteiger partial charge on any atom is 0.346 e. The lowest BCUT2D eigenvalue weighted by Gasteiger charge is -2.13. The zero-order chi connectivity index (χ0) is 10.7. The van der Waals surface area contributed by atoms with Gasteiger partial charge < -0.3 is 5.11 Å². The highest BCUT2D eigenvalue weighted by Gasteiger charge is 2.17. The SMILES string of the molecule is CC(C)CC(C)c1ccsc1C(=O)O. The van der Waals surface area contributed by atoms with Crippen molar-refractivity contribution < 1.29 is 9.90 Å². The largest absolute Gasteiger partial charge is 0.477 e. The summed E-state index contributed by atoms with van der Waals surface area (Å²) in [5.74, 6) is 0.143. The van der Waals surface area contributed by atoms with Gasteiger partial charge in [-0.05, 0) is 35.3 Å². The van der Waals surface area contributed by atoms with Crippen molar-refractivity contribution in [2.75, 3.05) is 0 Å². The van der Waals surface area contributed by atoms with Gasteiger partial charge in [0.05, 0.1) is 0 Å². The second-order valence-corrected chi connectivity index (χ2v) is 4.96. The second-order valence-electron chi connectivity index (χ2n) is 4.04. The molecule has 1 atom stereocenters. The minimum absolute atomic E-state index is 0.340. The van der Waals surface area contributed by atoms with Gasteiger partial charge in [0.15, 0.2) is 0 Å². The van der Waals surface area contributed by atoms with Gasteiger partial charge in [-0.25, -0.2) is 4.79 Å². The highest BCUT2D eigenvalue weighted by atomic mass is 32.1. The van der Waals surface area contributed by atoms with Crippen molar-refractivity contribution in [3.8, 4) is 0 Å². The Balaban J connectivity index is 2.84. The molecule has 14 heavy (non-hydrogen) atoms. The van der Waals surface area contributed by atoms with E-state index in [1.807, 2.05) is 11.4 Å². The molecule has 0 saturated carbocycles. The van der Waals surface area contributed by atoms with E-state index in [2.05, 4.69) is 20.8 Å². The van der Waals surface area contributed by atoms with Crippen molar-refractivity contribution in [3.05, 3.63) is 21.9 Å². The Bertz CT molecular complexity index is 315. The average Bonchev–Trinajstić information content (AvgIpc) is 2.49. The predicted molar refractivity (Wildman–Crippen MR) is 59.1 cm³/mol. The molecule has 0 aliphatic rings. The molecule has 0 saturated heterocycles. The Morgan fingerprint density at radius 3 is 2.64 bits per heavy atom. The van der Waals surface area contributed by atoms with Crippen molar-refractivity contribution in [2.24, 2.45) is 5.92 Å². The lowest BCUT2D eigenvalue weighted by molar-refractivity contribution is 0.0700.